The molecular weight excluding hydrogens is 703 g/mol. The Hall–Kier alpha value is -7.21. The molecule has 3 heterocycles. The van der Waals surface area contributed by atoms with Gasteiger partial charge in [0.1, 0.15) is 11.2 Å². The first-order valence-electron chi connectivity index (χ1n) is 18.7. The van der Waals surface area contributed by atoms with E-state index >= 15 is 0 Å². The molecule has 3 aromatic heterocycles. The van der Waals surface area contributed by atoms with Crippen LogP contribution in [0, 0.1) is 0 Å². The van der Waals surface area contributed by atoms with Crippen molar-refractivity contribution < 1.29 is 4.42 Å². The van der Waals surface area contributed by atoms with Crippen LogP contribution in [0.1, 0.15) is 0 Å². The molecule has 56 heavy (non-hydrogen) atoms. The zero-order valence-electron chi connectivity index (χ0n) is 30.1. The molecule has 4 nitrogen and oxygen atoms in total. The molecule has 262 valence electrons. The highest BCUT2D eigenvalue weighted by atomic mass is 32.1. The molecule has 0 radical (unpaired) electrons. The van der Waals surface area contributed by atoms with Gasteiger partial charge in [0, 0.05) is 58.8 Å². The van der Waals surface area contributed by atoms with E-state index in [-0.39, 0.29) is 0 Å². The number of nitrogens with zero attached hydrogens (tertiary/aromatic N) is 3. The molecule has 11 aromatic rings. The van der Waals surface area contributed by atoms with E-state index in [9.17, 15) is 0 Å². The van der Waals surface area contributed by atoms with E-state index in [0.717, 1.165) is 49.8 Å². The molecule has 0 N–H and O–H groups in total. The molecule has 0 atom stereocenters. The largest absolute Gasteiger partial charge is 0.455 e. The van der Waals surface area contributed by atoms with E-state index < -0.39 is 0 Å². The van der Waals surface area contributed by atoms with E-state index in [1.807, 2.05) is 72.0 Å². The number of furan rings is 1. The zero-order valence-corrected chi connectivity index (χ0v) is 30.9. The molecular formula is C51H31N3OS. The highest BCUT2D eigenvalue weighted by Crippen LogP contribution is 2.46. The molecule has 0 saturated heterocycles. The van der Waals surface area contributed by atoms with Crippen molar-refractivity contribution in [2.24, 2.45) is 0 Å². The first-order chi connectivity index (χ1) is 27.7. The Morgan fingerprint density at radius 1 is 0.339 bits per heavy atom. The van der Waals surface area contributed by atoms with Gasteiger partial charge in [0.2, 0.25) is 0 Å². The van der Waals surface area contributed by atoms with Crippen molar-refractivity contribution in [3.05, 3.63) is 188 Å². The monoisotopic (exact) mass is 733 g/mol. The molecule has 0 saturated carbocycles. The van der Waals surface area contributed by atoms with Gasteiger partial charge in [0.15, 0.2) is 17.5 Å². The summed E-state index contributed by atoms with van der Waals surface area (Å²) in [4.78, 5) is 14.8. The Bertz CT molecular complexity index is 3180. The Kier molecular flexibility index (Phi) is 7.64. The maximum Gasteiger partial charge on any atom is 0.164 e. The Morgan fingerprint density at radius 3 is 1.62 bits per heavy atom. The lowest BCUT2D eigenvalue weighted by Crippen LogP contribution is -2.00. The molecule has 0 aliphatic carbocycles. The van der Waals surface area contributed by atoms with E-state index in [1.54, 1.807) is 0 Å². The van der Waals surface area contributed by atoms with E-state index in [1.165, 1.54) is 42.4 Å². The highest BCUT2D eigenvalue weighted by Gasteiger charge is 2.20. The summed E-state index contributed by atoms with van der Waals surface area (Å²) in [7, 11) is 0. The van der Waals surface area contributed by atoms with E-state index in [0.29, 0.717) is 17.5 Å². The quantitative estimate of drug-likeness (QED) is 0.171. The predicted molar refractivity (Wildman–Crippen MR) is 233 cm³/mol. The Labute approximate surface area is 327 Å². The molecule has 0 unspecified atom stereocenters. The summed E-state index contributed by atoms with van der Waals surface area (Å²) in [5.74, 6) is 1.85. The van der Waals surface area contributed by atoms with Gasteiger partial charge in [-0.3, -0.25) is 0 Å². The summed E-state index contributed by atoms with van der Waals surface area (Å²) in [6.45, 7) is 0. The van der Waals surface area contributed by atoms with E-state index in [4.69, 9.17) is 19.4 Å². The van der Waals surface area contributed by atoms with Crippen molar-refractivity contribution in [3.63, 3.8) is 0 Å². The molecule has 11 rings (SSSR count). The number of benzene rings is 8. The van der Waals surface area contributed by atoms with Crippen molar-refractivity contribution in [2.45, 2.75) is 0 Å². The van der Waals surface area contributed by atoms with E-state index in [2.05, 4.69) is 127 Å². The third-order valence-electron chi connectivity index (χ3n) is 10.5. The van der Waals surface area contributed by atoms with Gasteiger partial charge in [0.25, 0.3) is 0 Å². The number of hydrogen-bond donors (Lipinski definition) is 0. The second-order valence-corrected chi connectivity index (χ2v) is 15.0. The van der Waals surface area contributed by atoms with Crippen LogP contribution in [0.5, 0.6) is 0 Å². The lowest BCUT2D eigenvalue weighted by atomic mass is 9.93. The molecule has 0 amide bonds. The van der Waals surface area contributed by atoms with Gasteiger partial charge >= 0.3 is 0 Å². The second-order valence-electron chi connectivity index (χ2n) is 14.0. The van der Waals surface area contributed by atoms with Crippen LogP contribution in [-0.2, 0) is 0 Å². The summed E-state index contributed by atoms with van der Waals surface area (Å²) in [6, 6.07) is 65.7. The van der Waals surface area contributed by atoms with Gasteiger partial charge in [-0.05, 0) is 58.7 Å². The fourth-order valence-corrected chi connectivity index (χ4v) is 9.00. The number of para-hydroxylation sites is 1. The Morgan fingerprint density at radius 2 is 0.911 bits per heavy atom. The van der Waals surface area contributed by atoms with Crippen LogP contribution in [-0.4, -0.2) is 15.0 Å². The smallest absolute Gasteiger partial charge is 0.164 e. The fraction of sp³-hybridized carbons (Fsp3) is 0. The maximum atomic E-state index is 6.91. The average Bonchev–Trinajstić information content (AvgIpc) is 3.85. The lowest BCUT2D eigenvalue weighted by Gasteiger charge is -2.11. The predicted octanol–water partition coefficient (Wildman–Crippen LogP) is 14.1. The standard InChI is InChI=1S/C51H31N3OS/c1-4-14-32(15-5-1)35-20-12-21-36(28-35)38-29-43-40-22-10-11-25-46(40)56-48(43)44(30-38)42-24-13-23-41-39-27-26-37(31-45(39)55-47(41)42)51-53-49(33-16-6-2-7-17-33)52-50(54-51)34-18-8-3-9-19-34/h1-31H. The summed E-state index contributed by atoms with van der Waals surface area (Å²) in [5, 5.41) is 4.63. The minimum Gasteiger partial charge on any atom is -0.455 e. The van der Waals surface area contributed by atoms with Gasteiger partial charge in [-0.25, -0.2) is 15.0 Å². The van der Waals surface area contributed by atoms with Crippen LogP contribution >= 0.6 is 11.3 Å². The summed E-state index contributed by atoms with van der Waals surface area (Å²) in [5.41, 5.74) is 11.3. The van der Waals surface area contributed by atoms with Gasteiger partial charge in [-0.2, -0.15) is 0 Å². The minimum absolute atomic E-state index is 0.595. The number of rotatable bonds is 6. The molecule has 0 aliphatic rings. The first-order valence-corrected chi connectivity index (χ1v) is 19.5. The summed E-state index contributed by atoms with van der Waals surface area (Å²) in [6.07, 6.45) is 0. The van der Waals surface area contributed by atoms with Crippen molar-refractivity contribution >= 4 is 53.4 Å². The molecule has 0 aliphatic heterocycles. The normalized spacial score (nSPS) is 11.6. The fourth-order valence-electron chi connectivity index (χ4n) is 7.79. The van der Waals surface area contributed by atoms with Crippen molar-refractivity contribution in [1.29, 1.82) is 0 Å². The number of thiophene rings is 1. The van der Waals surface area contributed by atoms with Crippen molar-refractivity contribution in [2.75, 3.05) is 0 Å². The Balaban J connectivity index is 1.09. The van der Waals surface area contributed by atoms with Crippen LogP contribution in [0.25, 0.3) is 110 Å². The van der Waals surface area contributed by atoms with Crippen molar-refractivity contribution in [1.82, 2.24) is 15.0 Å². The molecule has 0 spiro atoms. The minimum atomic E-state index is 0.595. The maximum absolute atomic E-state index is 6.91. The average molecular weight is 734 g/mol. The SMILES string of the molecule is c1ccc(-c2cccc(-c3cc(-c4cccc5c4oc4cc(-c6nc(-c7ccccc7)nc(-c7ccccc7)n6)ccc45)c4sc5ccccc5c4c3)c2)cc1. The molecule has 0 fully saturated rings. The second kappa shape index (κ2) is 13.3. The lowest BCUT2D eigenvalue weighted by molar-refractivity contribution is 0.670. The van der Waals surface area contributed by atoms with Gasteiger partial charge < -0.3 is 4.42 Å². The number of fused-ring (bicyclic) bond motifs is 6. The molecule has 5 heteroatoms. The summed E-state index contributed by atoms with van der Waals surface area (Å²) < 4.78 is 9.42. The van der Waals surface area contributed by atoms with Crippen LogP contribution in [0.15, 0.2) is 192 Å². The van der Waals surface area contributed by atoms with Crippen LogP contribution < -0.4 is 0 Å². The van der Waals surface area contributed by atoms with Gasteiger partial charge in [0.05, 0.1) is 0 Å². The zero-order chi connectivity index (χ0) is 37.0. The number of aromatic nitrogens is 3. The van der Waals surface area contributed by atoms with Crippen LogP contribution in [0.2, 0.25) is 0 Å². The topological polar surface area (TPSA) is 51.8 Å². The first kappa shape index (κ1) is 32.2. The van der Waals surface area contributed by atoms with Crippen LogP contribution in [0.3, 0.4) is 0 Å². The third-order valence-corrected chi connectivity index (χ3v) is 11.7. The van der Waals surface area contributed by atoms with Crippen molar-refractivity contribution in [3.8, 4) is 67.5 Å². The number of hydrogen-bond acceptors (Lipinski definition) is 5. The highest BCUT2D eigenvalue weighted by molar-refractivity contribution is 7.26. The third kappa shape index (κ3) is 5.56. The van der Waals surface area contributed by atoms with Gasteiger partial charge in [-0.15, -0.1) is 11.3 Å². The summed E-state index contributed by atoms with van der Waals surface area (Å²) >= 11 is 1.84. The molecule has 0 bridgehead atoms. The van der Waals surface area contributed by atoms with Crippen LogP contribution in [0.4, 0.5) is 0 Å². The van der Waals surface area contributed by atoms with Gasteiger partial charge in [-0.1, -0.05) is 152 Å². The molecule has 8 aromatic carbocycles.